The molecule has 0 unspecified atom stereocenters. The van der Waals surface area contributed by atoms with Crippen molar-refractivity contribution in [3.63, 3.8) is 0 Å². The molecule has 0 aromatic heterocycles. The molecular formula is C13H14BrN3O. The summed E-state index contributed by atoms with van der Waals surface area (Å²) in [5.41, 5.74) is 1.23. The van der Waals surface area contributed by atoms with Gasteiger partial charge in [0.1, 0.15) is 6.07 Å². The molecular weight excluding hydrogens is 294 g/mol. The number of carbonyl (C=O) groups excluding carboxylic acids is 1. The molecule has 1 amide bonds. The van der Waals surface area contributed by atoms with Gasteiger partial charge in [-0.1, -0.05) is 6.07 Å². The van der Waals surface area contributed by atoms with E-state index in [0.29, 0.717) is 11.3 Å². The Kier molecular flexibility index (Phi) is 4.21. The number of amides is 1. The number of halogens is 1. The van der Waals surface area contributed by atoms with Gasteiger partial charge in [0.15, 0.2) is 0 Å². The minimum Gasteiger partial charge on any atom is -0.375 e. The maximum Gasteiger partial charge on any atom is 0.241 e. The number of nitriles is 1. The SMILES string of the molecule is N#Cc1c(Br)cccc1NCC(=O)N1CCCC1. The fourth-order valence-corrected chi connectivity index (χ4v) is 2.49. The van der Waals surface area contributed by atoms with Crippen molar-refractivity contribution < 1.29 is 4.79 Å². The van der Waals surface area contributed by atoms with Crippen molar-refractivity contribution in [2.75, 3.05) is 25.0 Å². The van der Waals surface area contributed by atoms with Crippen molar-refractivity contribution in [3.05, 3.63) is 28.2 Å². The van der Waals surface area contributed by atoms with Gasteiger partial charge in [0.05, 0.1) is 17.8 Å². The lowest BCUT2D eigenvalue weighted by molar-refractivity contribution is -0.128. The van der Waals surface area contributed by atoms with Crippen LogP contribution in [0.3, 0.4) is 0 Å². The number of hydrogen-bond donors (Lipinski definition) is 1. The summed E-state index contributed by atoms with van der Waals surface area (Å²) in [5, 5.41) is 12.1. The van der Waals surface area contributed by atoms with Gasteiger partial charge in [-0.2, -0.15) is 5.26 Å². The molecule has 5 heteroatoms. The Morgan fingerprint density at radius 3 is 2.83 bits per heavy atom. The standard InChI is InChI=1S/C13H14BrN3O/c14-11-4-3-5-12(10(11)8-15)16-9-13(18)17-6-1-2-7-17/h3-5,16H,1-2,6-7,9H2. The van der Waals surface area contributed by atoms with Crippen molar-refractivity contribution in [3.8, 4) is 6.07 Å². The number of carbonyl (C=O) groups is 1. The predicted molar refractivity (Wildman–Crippen MR) is 73.2 cm³/mol. The zero-order valence-electron chi connectivity index (χ0n) is 9.95. The molecule has 0 aliphatic carbocycles. The Morgan fingerprint density at radius 1 is 1.44 bits per heavy atom. The van der Waals surface area contributed by atoms with Crippen LogP contribution in [0.5, 0.6) is 0 Å². The summed E-state index contributed by atoms with van der Waals surface area (Å²) in [4.78, 5) is 13.7. The van der Waals surface area contributed by atoms with E-state index >= 15 is 0 Å². The van der Waals surface area contributed by atoms with Gasteiger partial charge < -0.3 is 10.2 Å². The summed E-state index contributed by atoms with van der Waals surface area (Å²) in [5.74, 6) is 0.0939. The third kappa shape index (κ3) is 2.82. The third-order valence-electron chi connectivity index (χ3n) is 3.01. The molecule has 1 aromatic rings. The van der Waals surface area contributed by atoms with Crippen molar-refractivity contribution in [1.29, 1.82) is 5.26 Å². The molecule has 0 bridgehead atoms. The Labute approximate surface area is 115 Å². The van der Waals surface area contributed by atoms with Gasteiger partial charge in [-0.3, -0.25) is 4.79 Å². The molecule has 94 valence electrons. The van der Waals surface area contributed by atoms with Gasteiger partial charge in [0, 0.05) is 17.6 Å². The molecule has 18 heavy (non-hydrogen) atoms. The number of nitrogens with one attached hydrogen (secondary N) is 1. The van der Waals surface area contributed by atoms with Crippen molar-refractivity contribution in [2.24, 2.45) is 0 Å². The summed E-state index contributed by atoms with van der Waals surface area (Å²) >= 11 is 3.32. The molecule has 0 saturated carbocycles. The van der Waals surface area contributed by atoms with Crippen LogP contribution in [-0.2, 0) is 4.79 Å². The lowest BCUT2D eigenvalue weighted by atomic mass is 10.2. The van der Waals surface area contributed by atoms with Gasteiger partial charge >= 0.3 is 0 Å². The smallest absolute Gasteiger partial charge is 0.241 e. The van der Waals surface area contributed by atoms with E-state index in [1.165, 1.54) is 0 Å². The number of anilines is 1. The topological polar surface area (TPSA) is 56.1 Å². The monoisotopic (exact) mass is 307 g/mol. The Hall–Kier alpha value is -1.54. The van der Waals surface area contributed by atoms with E-state index in [9.17, 15) is 4.79 Å². The Morgan fingerprint density at radius 2 is 2.17 bits per heavy atom. The van der Waals surface area contributed by atoms with Crippen LogP contribution in [0.15, 0.2) is 22.7 Å². The van der Waals surface area contributed by atoms with Gasteiger partial charge in [-0.15, -0.1) is 0 Å². The summed E-state index contributed by atoms with van der Waals surface area (Å²) in [6.07, 6.45) is 2.18. The van der Waals surface area contributed by atoms with Crippen molar-refractivity contribution in [2.45, 2.75) is 12.8 Å². The van der Waals surface area contributed by atoms with E-state index in [1.807, 2.05) is 17.0 Å². The molecule has 1 heterocycles. The number of hydrogen-bond acceptors (Lipinski definition) is 3. The van der Waals surface area contributed by atoms with Crippen LogP contribution >= 0.6 is 15.9 Å². The van der Waals surface area contributed by atoms with Gasteiger partial charge in [0.2, 0.25) is 5.91 Å². The van der Waals surface area contributed by atoms with E-state index in [-0.39, 0.29) is 12.5 Å². The van der Waals surface area contributed by atoms with E-state index in [2.05, 4.69) is 27.3 Å². The number of benzene rings is 1. The second-order valence-electron chi connectivity index (χ2n) is 4.22. The highest BCUT2D eigenvalue weighted by Crippen LogP contribution is 2.23. The second kappa shape index (κ2) is 5.87. The Bertz CT molecular complexity index is 489. The first-order valence-corrected chi connectivity index (χ1v) is 6.72. The first kappa shape index (κ1) is 12.9. The van der Waals surface area contributed by atoms with E-state index in [1.54, 1.807) is 6.07 Å². The number of rotatable bonds is 3. The lowest BCUT2D eigenvalue weighted by Gasteiger charge is -2.16. The molecule has 0 atom stereocenters. The average Bonchev–Trinajstić information content (AvgIpc) is 2.90. The fourth-order valence-electron chi connectivity index (χ4n) is 2.03. The highest BCUT2D eigenvalue weighted by molar-refractivity contribution is 9.10. The highest BCUT2D eigenvalue weighted by atomic mass is 79.9. The maximum absolute atomic E-state index is 11.9. The number of nitrogens with zero attached hydrogens (tertiary/aromatic N) is 2. The molecule has 4 nitrogen and oxygen atoms in total. The zero-order chi connectivity index (χ0) is 13.0. The van der Waals surface area contributed by atoms with E-state index < -0.39 is 0 Å². The molecule has 1 aromatic carbocycles. The molecule has 1 N–H and O–H groups in total. The average molecular weight is 308 g/mol. The summed E-state index contributed by atoms with van der Waals surface area (Å²) in [7, 11) is 0. The van der Waals surface area contributed by atoms with Gasteiger partial charge in [-0.25, -0.2) is 0 Å². The largest absolute Gasteiger partial charge is 0.375 e. The highest BCUT2D eigenvalue weighted by Gasteiger charge is 2.17. The maximum atomic E-state index is 11.9. The molecule has 1 fully saturated rings. The quantitative estimate of drug-likeness (QED) is 0.932. The lowest BCUT2D eigenvalue weighted by Crippen LogP contribution is -2.33. The fraction of sp³-hybridized carbons (Fsp3) is 0.385. The van der Waals surface area contributed by atoms with E-state index in [4.69, 9.17) is 5.26 Å². The molecule has 1 aliphatic rings. The van der Waals surface area contributed by atoms with Crippen LogP contribution in [0.25, 0.3) is 0 Å². The Balaban J connectivity index is 2.00. The second-order valence-corrected chi connectivity index (χ2v) is 5.07. The van der Waals surface area contributed by atoms with Crippen LogP contribution in [-0.4, -0.2) is 30.4 Å². The first-order chi connectivity index (χ1) is 8.72. The summed E-state index contributed by atoms with van der Waals surface area (Å²) in [6.45, 7) is 1.94. The normalized spacial score (nSPS) is 14.3. The van der Waals surface area contributed by atoms with Crippen LogP contribution in [0.2, 0.25) is 0 Å². The first-order valence-electron chi connectivity index (χ1n) is 5.92. The third-order valence-corrected chi connectivity index (χ3v) is 3.68. The summed E-state index contributed by atoms with van der Waals surface area (Å²) in [6, 6.07) is 7.58. The molecule has 2 rings (SSSR count). The van der Waals surface area contributed by atoms with Crippen molar-refractivity contribution in [1.82, 2.24) is 4.90 Å². The minimum atomic E-state index is 0.0939. The summed E-state index contributed by atoms with van der Waals surface area (Å²) < 4.78 is 0.739. The zero-order valence-corrected chi connectivity index (χ0v) is 11.5. The number of likely N-dealkylation sites (tertiary alicyclic amines) is 1. The van der Waals surface area contributed by atoms with Crippen LogP contribution < -0.4 is 5.32 Å². The minimum absolute atomic E-state index is 0.0939. The molecule has 1 saturated heterocycles. The molecule has 0 radical (unpaired) electrons. The predicted octanol–water partition coefficient (Wildman–Crippen LogP) is 2.36. The molecule has 1 aliphatic heterocycles. The molecule has 0 spiro atoms. The van der Waals surface area contributed by atoms with Crippen LogP contribution in [0.1, 0.15) is 18.4 Å². The van der Waals surface area contributed by atoms with Gasteiger partial charge in [0.25, 0.3) is 0 Å². The van der Waals surface area contributed by atoms with E-state index in [0.717, 1.165) is 30.4 Å². The van der Waals surface area contributed by atoms with Crippen LogP contribution in [0, 0.1) is 11.3 Å². The van der Waals surface area contributed by atoms with Crippen LogP contribution in [0.4, 0.5) is 5.69 Å². The van der Waals surface area contributed by atoms with Crippen molar-refractivity contribution >= 4 is 27.5 Å². The van der Waals surface area contributed by atoms with Gasteiger partial charge in [-0.05, 0) is 40.9 Å².